The summed E-state index contributed by atoms with van der Waals surface area (Å²) in [4.78, 5) is 1.05. The molecule has 17 heavy (non-hydrogen) atoms. The lowest BCUT2D eigenvalue weighted by molar-refractivity contribution is 0.216. The minimum absolute atomic E-state index is 0.0334. The van der Waals surface area contributed by atoms with E-state index >= 15 is 0 Å². The maximum absolute atomic E-state index is 12.0. The van der Waals surface area contributed by atoms with Crippen LogP contribution in [-0.4, -0.2) is 26.2 Å². The average molecular weight is 277 g/mol. The van der Waals surface area contributed by atoms with E-state index in [9.17, 15) is 8.42 Å². The van der Waals surface area contributed by atoms with Crippen LogP contribution in [0.1, 0.15) is 25.6 Å². The predicted octanol–water partition coefficient (Wildman–Crippen LogP) is 1.61. The summed E-state index contributed by atoms with van der Waals surface area (Å²) in [7, 11) is -3.45. The lowest BCUT2D eigenvalue weighted by atomic mass is 10.1. The smallest absolute Gasteiger partial charge is 0.250 e. The zero-order chi connectivity index (χ0) is 13.1. The highest BCUT2D eigenvalue weighted by atomic mass is 32.2. The molecule has 4 nitrogen and oxygen atoms in total. The Bertz CT molecular complexity index is 453. The van der Waals surface area contributed by atoms with Gasteiger partial charge in [0.15, 0.2) is 0 Å². The second kappa shape index (κ2) is 5.95. The fraction of sp³-hybridized carbons (Fsp3) is 0.636. The molecule has 2 N–H and O–H groups in total. The third kappa shape index (κ3) is 3.77. The van der Waals surface area contributed by atoms with Crippen molar-refractivity contribution in [2.45, 2.75) is 37.4 Å². The molecule has 0 aromatic carbocycles. The van der Waals surface area contributed by atoms with Gasteiger partial charge in [-0.2, -0.15) is 0 Å². The van der Waals surface area contributed by atoms with Crippen molar-refractivity contribution in [1.29, 1.82) is 0 Å². The fourth-order valence-electron chi connectivity index (χ4n) is 1.27. The number of aliphatic hydroxyl groups excluding tert-OH is 1. The van der Waals surface area contributed by atoms with Crippen molar-refractivity contribution < 1.29 is 13.5 Å². The van der Waals surface area contributed by atoms with Crippen LogP contribution in [-0.2, 0) is 16.4 Å². The fourth-order valence-corrected chi connectivity index (χ4v) is 3.93. The van der Waals surface area contributed by atoms with Gasteiger partial charge in [-0.3, -0.25) is 0 Å². The van der Waals surface area contributed by atoms with Crippen LogP contribution in [0.25, 0.3) is 0 Å². The van der Waals surface area contributed by atoms with Gasteiger partial charge in [-0.25, -0.2) is 13.1 Å². The summed E-state index contributed by atoms with van der Waals surface area (Å²) in [6.07, 6.45) is 0.836. The molecule has 0 bridgehead atoms. The highest BCUT2D eigenvalue weighted by Crippen LogP contribution is 2.22. The monoisotopic (exact) mass is 277 g/mol. The van der Waals surface area contributed by atoms with E-state index in [0.29, 0.717) is 4.21 Å². The first-order chi connectivity index (χ1) is 7.90. The molecule has 1 heterocycles. The molecule has 1 aromatic rings. The number of sulfonamides is 1. The number of aryl methyl sites for hydroxylation is 1. The highest BCUT2D eigenvalue weighted by Gasteiger charge is 2.22. The van der Waals surface area contributed by atoms with Gasteiger partial charge >= 0.3 is 0 Å². The van der Waals surface area contributed by atoms with Gasteiger partial charge in [0.1, 0.15) is 4.21 Å². The first-order valence-electron chi connectivity index (χ1n) is 5.62. The number of rotatable bonds is 6. The molecule has 0 saturated carbocycles. The first-order valence-corrected chi connectivity index (χ1v) is 7.92. The van der Waals surface area contributed by atoms with Gasteiger partial charge in [-0.15, -0.1) is 11.3 Å². The Morgan fingerprint density at radius 2 is 2.06 bits per heavy atom. The van der Waals surface area contributed by atoms with Gasteiger partial charge in [0.2, 0.25) is 10.0 Å². The van der Waals surface area contributed by atoms with Crippen molar-refractivity contribution in [2.24, 2.45) is 5.92 Å². The normalized spacial score (nSPS) is 15.8. The SMILES string of the molecule is CCc1ccc(S(=O)(=O)NC(C)C(C)CO)s1. The van der Waals surface area contributed by atoms with E-state index in [1.54, 1.807) is 19.9 Å². The lowest BCUT2D eigenvalue weighted by Crippen LogP contribution is -2.37. The van der Waals surface area contributed by atoms with Crippen molar-refractivity contribution >= 4 is 21.4 Å². The minimum Gasteiger partial charge on any atom is -0.396 e. The van der Waals surface area contributed by atoms with Crippen molar-refractivity contribution in [1.82, 2.24) is 4.72 Å². The van der Waals surface area contributed by atoms with Crippen molar-refractivity contribution in [3.63, 3.8) is 0 Å². The van der Waals surface area contributed by atoms with E-state index in [1.807, 2.05) is 13.0 Å². The third-order valence-corrected chi connectivity index (χ3v) is 6.01. The summed E-state index contributed by atoms with van der Waals surface area (Å²) in [6, 6.07) is 3.18. The predicted molar refractivity (Wildman–Crippen MR) is 69.7 cm³/mol. The zero-order valence-electron chi connectivity index (χ0n) is 10.3. The Balaban J connectivity index is 2.81. The van der Waals surface area contributed by atoms with Gasteiger partial charge in [-0.1, -0.05) is 13.8 Å². The molecule has 1 aromatic heterocycles. The summed E-state index contributed by atoms with van der Waals surface area (Å²) in [5, 5.41) is 8.98. The molecule has 98 valence electrons. The largest absolute Gasteiger partial charge is 0.396 e. The molecule has 0 aliphatic rings. The van der Waals surface area contributed by atoms with Crippen LogP contribution >= 0.6 is 11.3 Å². The topological polar surface area (TPSA) is 66.4 Å². The molecular formula is C11H19NO3S2. The molecule has 0 saturated heterocycles. The van der Waals surface area contributed by atoms with E-state index in [1.165, 1.54) is 11.3 Å². The average Bonchev–Trinajstić information content (AvgIpc) is 2.76. The Morgan fingerprint density at radius 3 is 2.53 bits per heavy atom. The molecule has 0 aliphatic heterocycles. The van der Waals surface area contributed by atoms with E-state index in [-0.39, 0.29) is 18.6 Å². The number of nitrogens with one attached hydrogen (secondary N) is 1. The number of aliphatic hydroxyl groups is 1. The quantitative estimate of drug-likeness (QED) is 0.830. The summed E-state index contributed by atoms with van der Waals surface area (Å²) >= 11 is 1.29. The molecule has 0 radical (unpaired) electrons. The minimum atomic E-state index is -3.45. The van der Waals surface area contributed by atoms with E-state index < -0.39 is 10.0 Å². The van der Waals surface area contributed by atoms with Gasteiger partial charge < -0.3 is 5.11 Å². The van der Waals surface area contributed by atoms with Gasteiger partial charge in [0, 0.05) is 17.5 Å². The number of hydrogen-bond donors (Lipinski definition) is 2. The van der Waals surface area contributed by atoms with Crippen molar-refractivity contribution in [2.75, 3.05) is 6.61 Å². The van der Waals surface area contributed by atoms with Crippen LogP contribution in [0.15, 0.2) is 16.3 Å². The first kappa shape index (κ1) is 14.6. The van der Waals surface area contributed by atoms with Gasteiger partial charge in [-0.05, 0) is 31.4 Å². The Hall–Kier alpha value is -0.430. The maximum atomic E-state index is 12.0. The number of thiophene rings is 1. The summed E-state index contributed by atoms with van der Waals surface area (Å²) in [5.74, 6) is -0.101. The Kier molecular flexibility index (Phi) is 5.12. The van der Waals surface area contributed by atoms with Crippen molar-refractivity contribution in [3.05, 3.63) is 17.0 Å². The standard InChI is InChI=1S/C11H19NO3S2/c1-4-10-5-6-11(16-10)17(14,15)12-9(3)8(2)7-13/h5-6,8-9,12-13H,4,7H2,1-3H3. The van der Waals surface area contributed by atoms with E-state index in [0.717, 1.165) is 11.3 Å². The second-order valence-corrected chi connectivity index (χ2v) is 7.25. The Morgan fingerprint density at radius 1 is 1.41 bits per heavy atom. The molecule has 6 heteroatoms. The van der Waals surface area contributed by atoms with E-state index in [4.69, 9.17) is 5.11 Å². The van der Waals surface area contributed by atoms with Crippen LogP contribution in [0.4, 0.5) is 0 Å². The van der Waals surface area contributed by atoms with Crippen LogP contribution in [0, 0.1) is 5.92 Å². The molecule has 0 aliphatic carbocycles. The van der Waals surface area contributed by atoms with Gasteiger partial charge in [0.25, 0.3) is 0 Å². The molecule has 2 unspecified atom stereocenters. The van der Waals surface area contributed by atoms with Crippen LogP contribution in [0.3, 0.4) is 0 Å². The number of hydrogen-bond acceptors (Lipinski definition) is 4. The highest BCUT2D eigenvalue weighted by molar-refractivity contribution is 7.91. The summed E-state index contributed by atoms with van der Waals surface area (Å²) in [6.45, 7) is 5.52. The summed E-state index contributed by atoms with van der Waals surface area (Å²) < 4.78 is 26.9. The lowest BCUT2D eigenvalue weighted by Gasteiger charge is -2.18. The molecule has 1 rings (SSSR count). The van der Waals surface area contributed by atoms with Crippen LogP contribution < -0.4 is 4.72 Å². The molecule has 0 amide bonds. The third-order valence-electron chi connectivity index (χ3n) is 2.73. The molecule has 2 atom stereocenters. The zero-order valence-corrected chi connectivity index (χ0v) is 11.9. The maximum Gasteiger partial charge on any atom is 0.250 e. The van der Waals surface area contributed by atoms with Crippen LogP contribution in [0.2, 0.25) is 0 Å². The molecule has 0 spiro atoms. The molecular weight excluding hydrogens is 258 g/mol. The van der Waals surface area contributed by atoms with Gasteiger partial charge in [0.05, 0.1) is 0 Å². The summed E-state index contributed by atoms with van der Waals surface area (Å²) in [5.41, 5.74) is 0. The molecule has 0 fully saturated rings. The van der Waals surface area contributed by atoms with E-state index in [2.05, 4.69) is 4.72 Å². The second-order valence-electron chi connectivity index (χ2n) is 4.14. The van der Waals surface area contributed by atoms with Crippen molar-refractivity contribution in [3.8, 4) is 0 Å². The Labute approximate surface area is 107 Å². The van der Waals surface area contributed by atoms with Crippen LogP contribution in [0.5, 0.6) is 0 Å².